The molecule has 1 aromatic heterocycles. The maximum Gasteiger partial charge on any atom is 0.305 e. The van der Waals surface area contributed by atoms with Crippen molar-refractivity contribution in [2.45, 2.75) is 31.8 Å². The Hall–Kier alpha value is -2.20. The summed E-state index contributed by atoms with van der Waals surface area (Å²) >= 11 is 0. The van der Waals surface area contributed by atoms with E-state index in [0.717, 1.165) is 12.8 Å². The number of ether oxygens (including phenoxy) is 1. The molecule has 0 spiro atoms. The Kier molecular flexibility index (Phi) is 4.85. The first-order valence-electron chi connectivity index (χ1n) is 6.61. The van der Waals surface area contributed by atoms with E-state index in [-0.39, 0.29) is 11.4 Å². The summed E-state index contributed by atoms with van der Waals surface area (Å²) in [6, 6.07) is 4.51. The van der Waals surface area contributed by atoms with Gasteiger partial charge in [0.2, 0.25) is 5.69 Å². The second-order valence-corrected chi connectivity index (χ2v) is 4.64. The molecule has 106 valence electrons. The first-order chi connectivity index (χ1) is 9.70. The molecule has 1 heterocycles. The Morgan fingerprint density at radius 1 is 1.50 bits per heavy atom. The van der Waals surface area contributed by atoms with Crippen LogP contribution in [-0.2, 0) is 4.74 Å². The number of nitro groups is 1. The zero-order valence-electron chi connectivity index (χ0n) is 11.0. The van der Waals surface area contributed by atoms with Gasteiger partial charge in [0.05, 0.1) is 17.6 Å². The zero-order chi connectivity index (χ0) is 14.4. The molecule has 1 fully saturated rings. The van der Waals surface area contributed by atoms with Gasteiger partial charge < -0.3 is 10.1 Å². The number of pyridine rings is 1. The molecular formula is C13H16N4O3. The van der Waals surface area contributed by atoms with E-state index < -0.39 is 4.92 Å². The molecule has 1 aliphatic carbocycles. The molecule has 0 saturated heterocycles. The van der Waals surface area contributed by atoms with Crippen molar-refractivity contribution >= 4 is 11.5 Å². The molecule has 0 bridgehead atoms. The van der Waals surface area contributed by atoms with Crippen molar-refractivity contribution in [1.82, 2.24) is 4.98 Å². The molecule has 0 atom stereocenters. The third-order valence-corrected chi connectivity index (χ3v) is 3.24. The summed E-state index contributed by atoms with van der Waals surface area (Å²) in [6.07, 6.45) is 5.06. The molecule has 7 heteroatoms. The van der Waals surface area contributed by atoms with Gasteiger partial charge in [-0.05, 0) is 18.9 Å². The fourth-order valence-electron chi connectivity index (χ4n) is 2.24. The molecule has 0 unspecified atom stereocenters. The topological polar surface area (TPSA) is 101 Å². The number of rotatable bonds is 6. The predicted molar refractivity (Wildman–Crippen MR) is 72.3 cm³/mol. The van der Waals surface area contributed by atoms with Crippen LogP contribution in [-0.4, -0.2) is 29.2 Å². The first kappa shape index (κ1) is 14.2. The summed E-state index contributed by atoms with van der Waals surface area (Å²) in [6.45, 7) is 1.12. The van der Waals surface area contributed by atoms with Crippen molar-refractivity contribution in [3.8, 4) is 6.07 Å². The summed E-state index contributed by atoms with van der Waals surface area (Å²) < 4.78 is 5.68. The molecule has 20 heavy (non-hydrogen) atoms. The Labute approximate surface area is 116 Å². The average Bonchev–Trinajstić information content (AvgIpc) is 2.96. The molecule has 0 amide bonds. The van der Waals surface area contributed by atoms with Gasteiger partial charge in [0.25, 0.3) is 0 Å². The Bertz CT molecular complexity index is 521. The lowest BCUT2D eigenvalue weighted by molar-refractivity contribution is -0.385. The zero-order valence-corrected chi connectivity index (χ0v) is 11.0. The van der Waals surface area contributed by atoms with Crippen LogP contribution in [0.4, 0.5) is 11.5 Å². The minimum absolute atomic E-state index is 0.184. The van der Waals surface area contributed by atoms with E-state index in [9.17, 15) is 10.1 Å². The largest absolute Gasteiger partial charge is 0.376 e. The maximum absolute atomic E-state index is 10.7. The van der Waals surface area contributed by atoms with E-state index in [2.05, 4.69) is 10.3 Å². The summed E-state index contributed by atoms with van der Waals surface area (Å²) in [4.78, 5) is 14.0. The molecular weight excluding hydrogens is 260 g/mol. The van der Waals surface area contributed by atoms with Crippen molar-refractivity contribution < 1.29 is 9.66 Å². The second-order valence-electron chi connectivity index (χ2n) is 4.64. The summed E-state index contributed by atoms with van der Waals surface area (Å²) in [5.41, 5.74) is -0.461. The van der Waals surface area contributed by atoms with Gasteiger partial charge in [0, 0.05) is 12.6 Å². The van der Waals surface area contributed by atoms with Gasteiger partial charge in [-0.3, -0.25) is 10.1 Å². The highest BCUT2D eigenvalue weighted by Gasteiger charge is 2.16. The van der Waals surface area contributed by atoms with Crippen LogP contribution in [0.2, 0.25) is 0 Å². The quantitative estimate of drug-likeness (QED) is 0.485. The standard InChI is InChI=1S/C13H16N4O3/c14-9-11-12(17(18)19)5-6-13(16-11)15-7-8-20-10-3-1-2-4-10/h5-6,10H,1-4,7-8H2,(H,15,16). The van der Waals surface area contributed by atoms with E-state index in [1.54, 1.807) is 6.07 Å². The monoisotopic (exact) mass is 276 g/mol. The van der Waals surface area contributed by atoms with E-state index in [1.807, 2.05) is 0 Å². The number of nitrogens with one attached hydrogen (secondary N) is 1. The Balaban J connectivity index is 1.83. The number of anilines is 1. The smallest absolute Gasteiger partial charge is 0.305 e. The van der Waals surface area contributed by atoms with Gasteiger partial charge in [-0.15, -0.1) is 0 Å². The summed E-state index contributed by atoms with van der Waals surface area (Å²) in [5.74, 6) is 0.446. The minimum Gasteiger partial charge on any atom is -0.376 e. The van der Waals surface area contributed by atoms with Crippen LogP contribution in [0.25, 0.3) is 0 Å². The van der Waals surface area contributed by atoms with Crippen molar-refractivity contribution in [3.63, 3.8) is 0 Å². The number of aromatic nitrogens is 1. The van der Waals surface area contributed by atoms with Gasteiger partial charge >= 0.3 is 5.69 Å². The van der Waals surface area contributed by atoms with E-state index in [4.69, 9.17) is 10.00 Å². The molecule has 1 saturated carbocycles. The number of nitrogens with zero attached hydrogens (tertiary/aromatic N) is 3. The van der Waals surface area contributed by atoms with Crippen LogP contribution >= 0.6 is 0 Å². The first-order valence-corrected chi connectivity index (χ1v) is 6.61. The van der Waals surface area contributed by atoms with E-state index in [1.165, 1.54) is 25.0 Å². The third-order valence-electron chi connectivity index (χ3n) is 3.24. The van der Waals surface area contributed by atoms with Crippen molar-refractivity contribution in [3.05, 3.63) is 27.9 Å². The lowest BCUT2D eigenvalue weighted by Gasteiger charge is -2.11. The average molecular weight is 276 g/mol. The van der Waals surface area contributed by atoms with Gasteiger partial charge in [-0.25, -0.2) is 4.98 Å². The number of hydrogen-bond acceptors (Lipinski definition) is 6. The van der Waals surface area contributed by atoms with Crippen LogP contribution < -0.4 is 5.32 Å². The summed E-state index contributed by atoms with van der Waals surface area (Å²) in [7, 11) is 0. The molecule has 1 aliphatic rings. The highest BCUT2D eigenvalue weighted by atomic mass is 16.6. The Morgan fingerprint density at radius 3 is 2.90 bits per heavy atom. The van der Waals surface area contributed by atoms with Crippen LogP contribution in [0.15, 0.2) is 12.1 Å². The van der Waals surface area contributed by atoms with Gasteiger partial charge in [0.15, 0.2) is 0 Å². The van der Waals surface area contributed by atoms with Crippen molar-refractivity contribution in [1.29, 1.82) is 5.26 Å². The van der Waals surface area contributed by atoms with Crippen molar-refractivity contribution in [2.75, 3.05) is 18.5 Å². The molecule has 1 aromatic rings. The van der Waals surface area contributed by atoms with Crippen molar-refractivity contribution in [2.24, 2.45) is 0 Å². The second kappa shape index (κ2) is 6.82. The molecule has 7 nitrogen and oxygen atoms in total. The van der Waals surface area contributed by atoms with Gasteiger partial charge in [-0.1, -0.05) is 12.8 Å². The predicted octanol–water partition coefficient (Wildman–Crippen LogP) is 2.23. The van der Waals surface area contributed by atoms with Crippen LogP contribution in [0.1, 0.15) is 31.4 Å². The van der Waals surface area contributed by atoms with Crippen LogP contribution in [0, 0.1) is 21.4 Å². The SMILES string of the molecule is N#Cc1nc(NCCOC2CCCC2)ccc1[N+](=O)[O-]. The van der Waals surface area contributed by atoms with Gasteiger partial charge in [0.1, 0.15) is 11.9 Å². The fourth-order valence-corrected chi connectivity index (χ4v) is 2.24. The number of hydrogen-bond donors (Lipinski definition) is 1. The molecule has 0 aromatic carbocycles. The van der Waals surface area contributed by atoms with E-state index >= 15 is 0 Å². The Morgan fingerprint density at radius 2 is 2.25 bits per heavy atom. The lowest BCUT2D eigenvalue weighted by Crippen LogP contribution is -2.16. The summed E-state index contributed by atoms with van der Waals surface area (Å²) in [5, 5.41) is 22.5. The molecule has 0 aliphatic heterocycles. The number of nitriles is 1. The molecule has 0 radical (unpaired) electrons. The molecule has 1 N–H and O–H groups in total. The normalized spacial score (nSPS) is 14.9. The van der Waals surface area contributed by atoms with Crippen LogP contribution in [0.5, 0.6) is 0 Å². The highest BCUT2D eigenvalue weighted by molar-refractivity contribution is 5.50. The maximum atomic E-state index is 10.7. The lowest BCUT2D eigenvalue weighted by atomic mass is 10.3. The highest BCUT2D eigenvalue weighted by Crippen LogP contribution is 2.21. The van der Waals surface area contributed by atoms with E-state index in [0.29, 0.717) is 25.1 Å². The fraction of sp³-hybridized carbons (Fsp3) is 0.538. The minimum atomic E-state index is -0.613. The molecule has 2 rings (SSSR count). The van der Waals surface area contributed by atoms with Gasteiger partial charge in [-0.2, -0.15) is 5.26 Å². The van der Waals surface area contributed by atoms with Crippen LogP contribution in [0.3, 0.4) is 0 Å². The third kappa shape index (κ3) is 3.65.